The molecule has 1 saturated heterocycles. The molecule has 1 heterocycles. The molecule has 0 spiro atoms. The van der Waals surface area contributed by atoms with Crippen LogP contribution in [0.3, 0.4) is 0 Å². The Balaban J connectivity index is 2.02. The fourth-order valence-electron chi connectivity index (χ4n) is 2.05. The van der Waals surface area contributed by atoms with Crippen molar-refractivity contribution in [1.29, 1.82) is 0 Å². The molecule has 0 aliphatic carbocycles. The second-order valence-corrected chi connectivity index (χ2v) is 4.47. The summed E-state index contributed by atoms with van der Waals surface area (Å²) in [4.78, 5) is 11.9. The van der Waals surface area contributed by atoms with Crippen LogP contribution in [-0.4, -0.2) is 40.7 Å². The SMILES string of the molecule is C[C@@H]1OC(O)C[C@@H](NC(=O)c2ccccc2)[C@@H]1O. The van der Waals surface area contributed by atoms with E-state index in [1.54, 1.807) is 31.2 Å². The highest BCUT2D eigenvalue weighted by molar-refractivity contribution is 5.94. The lowest BCUT2D eigenvalue weighted by atomic mass is 9.99. The van der Waals surface area contributed by atoms with Gasteiger partial charge in [0.05, 0.1) is 12.1 Å². The van der Waals surface area contributed by atoms with Gasteiger partial charge in [-0.3, -0.25) is 4.79 Å². The van der Waals surface area contributed by atoms with Crippen molar-refractivity contribution in [2.24, 2.45) is 0 Å². The summed E-state index contributed by atoms with van der Waals surface area (Å²) in [5, 5.41) is 22.1. The summed E-state index contributed by atoms with van der Waals surface area (Å²) in [5.41, 5.74) is 0.526. The van der Waals surface area contributed by atoms with E-state index in [0.29, 0.717) is 5.56 Å². The highest BCUT2D eigenvalue weighted by Crippen LogP contribution is 2.19. The van der Waals surface area contributed by atoms with Crippen LogP contribution in [0.2, 0.25) is 0 Å². The van der Waals surface area contributed by atoms with Crippen molar-refractivity contribution in [3.63, 3.8) is 0 Å². The van der Waals surface area contributed by atoms with E-state index in [1.807, 2.05) is 6.07 Å². The van der Waals surface area contributed by atoms with Crippen LogP contribution in [0.5, 0.6) is 0 Å². The molecule has 0 radical (unpaired) electrons. The Hall–Kier alpha value is -1.43. The van der Waals surface area contributed by atoms with Crippen molar-refractivity contribution < 1.29 is 19.7 Å². The summed E-state index contributed by atoms with van der Waals surface area (Å²) < 4.78 is 5.07. The minimum absolute atomic E-state index is 0.185. The van der Waals surface area contributed by atoms with Gasteiger partial charge >= 0.3 is 0 Å². The first kappa shape index (κ1) is 13.0. The summed E-state index contributed by atoms with van der Waals surface area (Å²) in [6.07, 6.45) is -2.09. The van der Waals surface area contributed by atoms with Gasteiger partial charge < -0.3 is 20.3 Å². The van der Waals surface area contributed by atoms with E-state index in [2.05, 4.69) is 5.32 Å². The van der Waals surface area contributed by atoms with Crippen LogP contribution >= 0.6 is 0 Å². The molecule has 1 aromatic rings. The van der Waals surface area contributed by atoms with Crippen molar-refractivity contribution in [1.82, 2.24) is 5.32 Å². The van der Waals surface area contributed by atoms with Gasteiger partial charge in [0.25, 0.3) is 5.91 Å². The van der Waals surface area contributed by atoms with E-state index in [4.69, 9.17) is 4.74 Å². The standard InChI is InChI=1S/C13H17NO4/c1-8-12(16)10(7-11(15)18-8)14-13(17)9-5-3-2-4-6-9/h2-6,8,10-12,15-16H,7H2,1H3,(H,14,17)/t8-,10+,11?,12+/m0/s1. The Bertz CT molecular complexity index is 409. The van der Waals surface area contributed by atoms with Gasteiger partial charge in [0.15, 0.2) is 6.29 Å². The molecule has 1 unspecified atom stereocenters. The molecule has 1 amide bonds. The second kappa shape index (κ2) is 5.48. The van der Waals surface area contributed by atoms with Crippen LogP contribution in [0.15, 0.2) is 30.3 Å². The molecule has 0 saturated carbocycles. The van der Waals surface area contributed by atoms with Crippen molar-refractivity contribution in [3.05, 3.63) is 35.9 Å². The molecular weight excluding hydrogens is 234 g/mol. The first-order valence-corrected chi connectivity index (χ1v) is 5.95. The molecule has 5 nitrogen and oxygen atoms in total. The molecule has 1 aliphatic heterocycles. The molecule has 18 heavy (non-hydrogen) atoms. The van der Waals surface area contributed by atoms with Crippen molar-refractivity contribution in [2.75, 3.05) is 0 Å². The van der Waals surface area contributed by atoms with Gasteiger partial charge in [-0.2, -0.15) is 0 Å². The van der Waals surface area contributed by atoms with E-state index in [1.165, 1.54) is 0 Å². The molecule has 98 valence electrons. The van der Waals surface area contributed by atoms with Crippen LogP contribution < -0.4 is 5.32 Å². The maximum atomic E-state index is 11.9. The van der Waals surface area contributed by atoms with Crippen LogP contribution in [-0.2, 0) is 4.74 Å². The zero-order chi connectivity index (χ0) is 13.1. The topological polar surface area (TPSA) is 78.8 Å². The van der Waals surface area contributed by atoms with Gasteiger partial charge in [0.2, 0.25) is 0 Å². The van der Waals surface area contributed by atoms with Gasteiger partial charge in [-0.1, -0.05) is 18.2 Å². The number of hydrogen-bond donors (Lipinski definition) is 3. The van der Waals surface area contributed by atoms with Gasteiger partial charge in [0, 0.05) is 12.0 Å². The third-order valence-electron chi connectivity index (χ3n) is 3.07. The van der Waals surface area contributed by atoms with Gasteiger partial charge in [-0.05, 0) is 19.1 Å². The maximum Gasteiger partial charge on any atom is 0.251 e. The number of amides is 1. The molecule has 5 heteroatoms. The van der Waals surface area contributed by atoms with Gasteiger partial charge in [0.1, 0.15) is 6.10 Å². The third kappa shape index (κ3) is 2.87. The Morgan fingerprint density at radius 1 is 1.33 bits per heavy atom. The molecule has 1 fully saturated rings. The maximum absolute atomic E-state index is 11.9. The van der Waals surface area contributed by atoms with E-state index < -0.39 is 24.5 Å². The predicted octanol–water partition coefficient (Wildman–Crippen LogP) is 0.273. The fraction of sp³-hybridized carbons (Fsp3) is 0.462. The third-order valence-corrected chi connectivity index (χ3v) is 3.07. The fourth-order valence-corrected chi connectivity index (χ4v) is 2.05. The smallest absolute Gasteiger partial charge is 0.251 e. The quantitative estimate of drug-likeness (QED) is 0.705. The number of aliphatic hydroxyl groups is 2. The summed E-state index contributed by atoms with van der Waals surface area (Å²) in [7, 11) is 0. The minimum atomic E-state index is -0.954. The number of carbonyl (C=O) groups excluding carboxylic acids is 1. The number of nitrogens with one attached hydrogen (secondary N) is 1. The molecule has 0 aromatic heterocycles. The van der Waals surface area contributed by atoms with Crippen LogP contribution in [0.4, 0.5) is 0 Å². The molecular formula is C13H17NO4. The molecule has 4 atom stereocenters. The summed E-state index contributed by atoms with van der Waals surface area (Å²) in [6.45, 7) is 1.66. The first-order chi connectivity index (χ1) is 8.58. The first-order valence-electron chi connectivity index (χ1n) is 5.95. The van der Waals surface area contributed by atoms with E-state index in [0.717, 1.165) is 0 Å². The monoisotopic (exact) mass is 251 g/mol. The zero-order valence-electron chi connectivity index (χ0n) is 10.1. The Morgan fingerprint density at radius 3 is 2.67 bits per heavy atom. The van der Waals surface area contributed by atoms with Crippen molar-refractivity contribution in [3.8, 4) is 0 Å². The Labute approximate surface area is 105 Å². The van der Waals surface area contributed by atoms with Crippen molar-refractivity contribution >= 4 is 5.91 Å². The van der Waals surface area contributed by atoms with Crippen LogP contribution in [0, 0.1) is 0 Å². The van der Waals surface area contributed by atoms with Crippen LogP contribution in [0.1, 0.15) is 23.7 Å². The number of rotatable bonds is 2. The largest absolute Gasteiger partial charge is 0.388 e. The number of benzene rings is 1. The Kier molecular flexibility index (Phi) is 3.96. The lowest BCUT2D eigenvalue weighted by molar-refractivity contribution is -0.201. The number of ether oxygens (including phenoxy) is 1. The predicted molar refractivity (Wildman–Crippen MR) is 64.9 cm³/mol. The highest BCUT2D eigenvalue weighted by Gasteiger charge is 2.35. The summed E-state index contributed by atoms with van der Waals surface area (Å²) in [5.74, 6) is -0.263. The normalized spacial score (nSPS) is 31.9. The number of aliphatic hydroxyl groups excluding tert-OH is 2. The number of hydrogen-bond acceptors (Lipinski definition) is 4. The van der Waals surface area contributed by atoms with E-state index in [-0.39, 0.29) is 12.3 Å². The highest BCUT2D eigenvalue weighted by atomic mass is 16.6. The van der Waals surface area contributed by atoms with Crippen molar-refractivity contribution in [2.45, 2.75) is 37.9 Å². The molecule has 2 rings (SSSR count). The number of carbonyl (C=O) groups is 1. The average molecular weight is 251 g/mol. The zero-order valence-corrected chi connectivity index (χ0v) is 10.1. The second-order valence-electron chi connectivity index (χ2n) is 4.47. The lowest BCUT2D eigenvalue weighted by Crippen LogP contribution is -2.54. The van der Waals surface area contributed by atoms with Gasteiger partial charge in [-0.15, -0.1) is 0 Å². The minimum Gasteiger partial charge on any atom is -0.388 e. The molecule has 1 aromatic carbocycles. The van der Waals surface area contributed by atoms with Gasteiger partial charge in [-0.25, -0.2) is 0 Å². The molecule has 3 N–H and O–H groups in total. The van der Waals surface area contributed by atoms with Crippen LogP contribution in [0.25, 0.3) is 0 Å². The summed E-state index contributed by atoms with van der Waals surface area (Å²) >= 11 is 0. The average Bonchev–Trinajstić information content (AvgIpc) is 2.36. The summed E-state index contributed by atoms with van der Waals surface area (Å²) in [6, 6.07) is 8.25. The molecule has 1 aliphatic rings. The van der Waals surface area contributed by atoms with E-state index in [9.17, 15) is 15.0 Å². The molecule has 0 bridgehead atoms. The lowest BCUT2D eigenvalue weighted by Gasteiger charge is -2.36. The Morgan fingerprint density at radius 2 is 2.00 bits per heavy atom. The van der Waals surface area contributed by atoms with E-state index >= 15 is 0 Å².